The smallest absolute Gasteiger partial charge is 0.258 e. The lowest BCUT2D eigenvalue weighted by Gasteiger charge is -2.11. The minimum absolute atomic E-state index is 0.222. The maximum Gasteiger partial charge on any atom is 0.276 e. The topological polar surface area (TPSA) is 43.1 Å². The molecule has 0 aromatic heterocycles. The second-order valence-corrected chi connectivity index (χ2v) is 4.21. The third-order valence-electron chi connectivity index (χ3n) is 2.68. The number of hydrogen-bond donors (Lipinski definition) is 0. The zero-order valence-corrected chi connectivity index (χ0v) is 10.2. The Morgan fingerprint density at radius 2 is 1.50 bits per heavy atom. The van der Waals surface area contributed by atoms with Gasteiger partial charge in [0.2, 0.25) is 0 Å². The normalized spacial score (nSPS) is 10.4. The minimum Gasteiger partial charge on any atom is -0.258 e. The van der Waals surface area contributed by atoms with Gasteiger partial charge in [-0.25, -0.2) is 0 Å². The fraction of sp³-hybridized carbons (Fsp3) is 0.400. The van der Waals surface area contributed by atoms with Crippen LogP contribution in [0, 0.1) is 37.8 Å². The number of nitro groups is 1. The molecule has 4 heteroatoms. The number of nitrogens with zero attached hydrogens (tertiary/aromatic N) is 1. The second kappa shape index (κ2) is 3.69. The maximum absolute atomic E-state index is 10.8. The van der Waals surface area contributed by atoms with E-state index >= 15 is 0 Å². The van der Waals surface area contributed by atoms with Crippen LogP contribution in [0.1, 0.15) is 22.3 Å². The molecule has 0 spiro atoms. The van der Waals surface area contributed by atoms with E-state index < -0.39 is 0 Å². The summed E-state index contributed by atoms with van der Waals surface area (Å²) < 4.78 is 0.840. The van der Waals surface area contributed by atoms with Crippen LogP contribution in [0.25, 0.3) is 0 Å². The highest BCUT2D eigenvalue weighted by molar-refractivity contribution is 9.10. The van der Waals surface area contributed by atoms with Gasteiger partial charge in [0.1, 0.15) is 0 Å². The van der Waals surface area contributed by atoms with Crippen molar-refractivity contribution in [2.24, 2.45) is 0 Å². The molecular weight excluding hydrogens is 246 g/mol. The molecule has 3 nitrogen and oxygen atoms in total. The summed E-state index contributed by atoms with van der Waals surface area (Å²) in [5.74, 6) is 0. The quantitative estimate of drug-likeness (QED) is 0.570. The number of benzene rings is 1. The summed E-state index contributed by atoms with van der Waals surface area (Å²) in [7, 11) is 0. The molecule has 0 saturated carbocycles. The summed E-state index contributed by atoms with van der Waals surface area (Å²) in [6.07, 6.45) is 0. The molecule has 76 valence electrons. The van der Waals surface area contributed by atoms with E-state index in [1.807, 2.05) is 13.8 Å². The molecule has 1 rings (SSSR count). The molecule has 0 N–H and O–H groups in total. The zero-order valence-electron chi connectivity index (χ0n) is 8.64. The first-order valence-electron chi connectivity index (χ1n) is 4.28. The zero-order chi connectivity index (χ0) is 11.0. The Bertz CT molecular complexity index is 384. The first kappa shape index (κ1) is 11.2. The summed E-state index contributed by atoms with van der Waals surface area (Å²) in [6, 6.07) is 0. The minimum atomic E-state index is -0.318. The Balaban J connectivity index is 3.68. The SMILES string of the molecule is Cc1c(C)c(Br)c(C)c([N+](=O)[O-])c1C. The third-order valence-corrected chi connectivity index (χ3v) is 3.87. The molecular formula is C10H12BrNO2. The molecule has 0 aliphatic carbocycles. The van der Waals surface area contributed by atoms with Gasteiger partial charge in [-0.2, -0.15) is 0 Å². The van der Waals surface area contributed by atoms with Gasteiger partial charge in [0.25, 0.3) is 5.69 Å². The molecule has 0 aliphatic heterocycles. The highest BCUT2D eigenvalue weighted by Gasteiger charge is 2.21. The predicted octanol–water partition coefficient (Wildman–Crippen LogP) is 3.59. The van der Waals surface area contributed by atoms with Gasteiger partial charge in [0.05, 0.1) is 4.92 Å². The van der Waals surface area contributed by atoms with Crippen molar-refractivity contribution in [2.75, 3.05) is 0 Å². The van der Waals surface area contributed by atoms with Crippen LogP contribution in [0.5, 0.6) is 0 Å². The first-order valence-corrected chi connectivity index (χ1v) is 5.07. The molecule has 0 atom stereocenters. The van der Waals surface area contributed by atoms with Crippen molar-refractivity contribution in [3.05, 3.63) is 36.8 Å². The number of nitro benzene ring substituents is 1. The first-order chi connectivity index (χ1) is 6.37. The molecule has 0 bridgehead atoms. The average Bonchev–Trinajstić information content (AvgIpc) is 2.11. The monoisotopic (exact) mass is 257 g/mol. The highest BCUT2D eigenvalue weighted by Crippen LogP contribution is 2.35. The number of halogens is 1. The van der Waals surface area contributed by atoms with Crippen molar-refractivity contribution in [2.45, 2.75) is 27.7 Å². The van der Waals surface area contributed by atoms with Crippen LogP contribution >= 0.6 is 15.9 Å². The third kappa shape index (κ3) is 1.54. The number of hydrogen-bond acceptors (Lipinski definition) is 2. The lowest BCUT2D eigenvalue weighted by molar-refractivity contribution is -0.386. The van der Waals surface area contributed by atoms with Gasteiger partial charge < -0.3 is 0 Å². The van der Waals surface area contributed by atoms with Crippen LogP contribution in [0.2, 0.25) is 0 Å². The Morgan fingerprint density at radius 3 is 1.93 bits per heavy atom. The van der Waals surface area contributed by atoms with Gasteiger partial charge in [-0.1, -0.05) is 0 Å². The van der Waals surface area contributed by atoms with Crippen molar-refractivity contribution in [3.63, 3.8) is 0 Å². The van der Waals surface area contributed by atoms with Crippen molar-refractivity contribution in [3.8, 4) is 0 Å². The molecule has 0 aliphatic rings. The van der Waals surface area contributed by atoms with Crippen LogP contribution in [0.4, 0.5) is 5.69 Å². The van der Waals surface area contributed by atoms with E-state index in [9.17, 15) is 10.1 Å². The Kier molecular flexibility index (Phi) is 2.95. The van der Waals surface area contributed by atoms with Crippen molar-refractivity contribution >= 4 is 21.6 Å². The van der Waals surface area contributed by atoms with Crippen molar-refractivity contribution < 1.29 is 4.92 Å². The molecule has 0 radical (unpaired) electrons. The summed E-state index contributed by atoms with van der Waals surface area (Å²) >= 11 is 3.38. The van der Waals surface area contributed by atoms with Gasteiger partial charge >= 0.3 is 0 Å². The fourth-order valence-corrected chi connectivity index (χ4v) is 2.05. The van der Waals surface area contributed by atoms with Crippen LogP contribution in [0.15, 0.2) is 4.47 Å². The Hall–Kier alpha value is -0.900. The van der Waals surface area contributed by atoms with Crippen molar-refractivity contribution in [1.82, 2.24) is 0 Å². The van der Waals surface area contributed by atoms with E-state index in [1.54, 1.807) is 13.8 Å². The van der Waals surface area contributed by atoms with Gasteiger partial charge in [-0.3, -0.25) is 10.1 Å². The largest absolute Gasteiger partial charge is 0.276 e. The lowest BCUT2D eigenvalue weighted by atomic mass is 9.99. The molecule has 0 fully saturated rings. The summed E-state index contributed by atoms with van der Waals surface area (Å²) in [5, 5.41) is 10.8. The molecule has 14 heavy (non-hydrogen) atoms. The fourth-order valence-electron chi connectivity index (χ4n) is 1.56. The predicted molar refractivity (Wildman–Crippen MR) is 59.7 cm³/mol. The van der Waals surface area contributed by atoms with Crippen LogP contribution in [0.3, 0.4) is 0 Å². The molecule has 1 aromatic rings. The molecule has 0 saturated heterocycles. The Labute approximate surface area is 91.4 Å². The van der Waals surface area contributed by atoms with E-state index in [0.29, 0.717) is 5.56 Å². The maximum atomic E-state index is 10.8. The molecule has 0 unspecified atom stereocenters. The standard InChI is InChI=1S/C10H12BrNO2/c1-5-6(2)9(11)8(4)10(7(5)3)12(13)14/h1-4H3. The van der Waals surface area contributed by atoms with Gasteiger partial charge in [0.15, 0.2) is 0 Å². The van der Waals surface area contributed by atoms with Crippen molar-refractivity contribution in [1.29, 1.82) is 0 Å². The second-order valence-electron chi connectivity index (χ2n) is 3.42. The highest BCUT2D eigenvalue weighted by atomic mass is 79.9. The lowest BCUT2D eigenvalue weighted by Crippen LogP contribution is -2.00. The van der Waals surface area contributed by atoms with E-state index in [1.165, 1.54) is 0 Å². The summed E-state index contributed by atoms with van der Waals surface area (Å²) in [6.45, 7) is 7.42. The number of rotatable bonds is 1. The van der Waals surface area contributed by atoms with Gasteiger partial charge in [-0.05, 0) is 54.8 Å². The van der Waals surface area contributed by atoms with Crippen LogP contribution in [-0.4, -0.2) is 4.92 Å². The average molecular weight is 258 g/mol. The molecule has 0 amide bonds. The molecule has 0 heterocycles. The Morgan fingerprint density at radius 1 is 1.00 bits per heavy atom. The van der Waals surface area contributed by atoms with E-state index in [-0.39, 0.29) is 10.6 Å². The van der Waals surface area contributed by atoms with Gasteiger partial charge in [0, 0.05) is 15.6 Å². The summed E-state index contributed by atoms with van der Waals surface area (Å²) in [5.41, 5.74) is 3.74. The van der Waals surface area contributed by atoms with Crippen LogP contribution in [-0.2, 0) is 0 Å². The van der Waals surface area contributed by atoms with E-state index in [4.69, 9.17) is 0 Å². The van der Waals surface area contributed by atoms with E-state index in [0.717, 1.165) is 21.2 Å². The van der Waals surface area contributed by atoms with E-state index in [2.05, 4.69) is 15.9 Å². The van der Waals surface area contributed by atoms with Crippen LogP contribution < -0.4 is 0 Å². The van der Waals surface area contributed by atoms with Gasteiger partial charge in [-0.15, -0.1) is 0 Å². The molecule has 1 aromatic carbocycles. The summed E-state index contributed by atoms with van der Waals surface area (Å²) in [4.78, 5) is 10.5.